The van der Waals surface area contributed by atoms with E-state index < -0.39 is 32.2 Å². The molecule has 1 aliphatic heterocycles. The Labute approximate surface area is 123 Å². The molecule has 1 aromatic rings. The SMILES string of the molecule is CS(=O)(=O)c1ccc(N=NC2=NCCS2)c(C(F)(F)F)c1. The highest BCUT2D eigenvalue weighted by Gasteiger charge is 2.34. The van der Waals surface area contributed by atoms with Gasteiger partial charge in [-0.2, -0.15) is 13.2 Å². The van der Waals surface area contributed by atoms with Crippen molar-refractivity contribution in [2.24, 2.45) is 15.2 Å². The lowest BCUT2D eigenvalue weighted by molar-refractivity contribution is -0.137. The first-order valence-electron chi connectivity index (χ1n) is 5.68. The monoisotopic (exact) mass is 337 g/mol. The molecule has 21 heavy (non-hydrogen) atoms. The fraction of sp³-hybridized carbons (Fsp3) is 0.364. The van der Waals surface area contributed by atoms with Gasteiger partial charge in [-0.3, -0.25) is 4.99 Å². The highest BCUT2D eigenvalue weighted by molar-refractivity contribution is 8.14. The predicted molar refractivity (Wildman–Crippen MR) is 73.8 cm³/mol. The molecule has 114 valence electrons. The van der Waals surface area contributed by atoms with Crippen LogP contribution in [0.2, 0.25) is 0 Å². The number of nitrogens with zero attached hydrogens (tertiary/aromatic N) is 3. The molecule has 1 aliphatic rings. The minimum absolute atomic E-state index is 0.315. The molecule has 0 amide bonds. The number of hydrogen-bond acceptors (Lipinski definition) is 6. The van der Waals surface area contributed by atoms with Crippen LogP contribution < -0.4 is 0 Å². The molecule has 0 spiro atoms. The van der Waals surface area contributed by atoms with Crippen molar-refractivity contribution in [1.82, 2.24) is 0 Å². The van der Waals surface area contributed by atoms with Gasteiger partial charge < -0.3 is 0 Å². The Kier molecular flexibility index (Phi) is 4.38. The molecule has 0 N–H and O–H groups in total. The molecule has 0 unspecified atom stereocenters. The number of rotatable bonds is 2. The number of halogens is 3. The van der Waals surface area contributed by atoms with Crippen LogP contribution in [-0.2, 0) is 16.0 Å². The van der Waals surface area contributed by atoms with Gasteiger partial charge in [-0.15, -0.1) is 10.2 Å². The van der Waals surface area contributed by atoms with E-state index in [1.54, 1.807) is 0 Å². The number of alkyl halides is 3. The summed E-state index contributed by atoms with van der Waals surface area (Å²) in [6, 6.07) is 2.62. The molecule has 0 fully saturated rings. The second kappa shape index (κ2) is 5.76. The number of azo groups is 1. The summed E-state index contributed by atoms with van der Waals surface area (Å²) in [5, 5.41) is 7.50. The van der Waals surface area contributed by atoms with Gasteiger partial charge in [0, 0.05) is 12.0 Å². The van der Waals surface area contributed by atoms with Gasteiger partial charge in [0.15, 0.2) is 9.84 Å². The molecule has 1 heterocycles. The highest BCUT2D eigenvalue weighted by Crippen LogP contribution is 2.38. The normalized spacial score (nSPS) is 16.5. The van der Waals surface area contributed by atoms with Crippen molar-refractivity contribution in [2.45, 2.75) is 11.1 Å². The Bertz CT molecular complexity index is 712. The van der Waals surface area contributed by atoms with Crippen molar-refractivity contribution in [2.75, 3.05) is 18.6 Å². The minimum Gasteiger partial charge on any atom is -0.258 e. The Morgan fingerprint density at radius 3 is 2.52 bits per heavy atom. The molecule has 0 aliphatic carbocycles. The maximum atomic E-state index is 13.0. The smallest absolute Gasteiger partial charge is 0.258 e. The molecular formula is C11H10F3N3O2S2. The number of sulfone groups is 1. The van der Waals surface area contributed by atoms with Gasteiger partial charge in [0.25, 0.3) is 0 Å². The second-order valence-corrected chi connectivity index (χ2v) is 7.24. The third-order valence-corrected chi connectivity index (χ3v) is 4.48. The number of aliphatic imine (C=N–C) groups is 1. The summed E-state index contributed by atoms with van der Waals surface area (Å²) in [7, 11) is -3.73. The van der Waals surface area contributed by atoms with Crippen LogP contribution in [0.15, 0.2) is 38.3 Å². The van der Waals surface area contributed by atoms with Crippen molar-refractivity contribution in [1.29, 1.82) is 0 Å². The van der Waals surface area contributed by atoms with Crippen molar-refractivity contribution in [3.63, 3.8) is 0 Å². The fourth-order valence-electron chi connectivity index (χ4n) is 1.54. The first-order chi connectivity index (χ1) is 9.68. The highest BCUT2D eigenvalue weighted by atomic mass is 32.2. The van der Waals surface area contributed by atoms with Gasteiger partial charge in [0.2, 0.25) is 5.17 Å². The number of thioether (sulfide) groups is 1. The maximum Gasteiger partial charge on any atom is 0.418 e. The van der Waals surface area contributed by atoms with E-state index in [0.717, 1.165) is 18.4 Å². The number of benzene rings is 1. The Balaban J connectivity index is 2.45. The summed E-state index contributed by atoms with van der Waals surface area (Å²) in [5.74, 6) is 0.716. The summed E-state index contributed by atoms with van der Waals surface area (Å²) >= 11 is 1.29. The van der Waals surface area contributed by atoms with Gasteiger partial charge in [-0.25, -0.2) is 8.42 Å². The van der Waals surface area contributed by atoms with Gasteiger partial charge in [0.1, 0.15) is 0 Å². The van der Waals surface area contributed by atoms with Crippen LogP contribution in [0.4, 0.5) is 18.9 Å². The maximum absolute atomic E-state index is 13.0. The third-order valence-electron chi connectivity index (χ3n) is 2.51. The van der Waals surface area contributed by atoms with Gasteiger partial charge in [-0.05, 0) is 18.2 Å². The quantitative estimate of drug-likeness (QED) is 0.778. The second-order valence-electron chi connectivity index (χ2n) is 4.16. The van der Waals surface area contributed by atoms with E-state index >= 15 is 0 Å². The van der Waals surface area contributed by atoms with Crippen molar-refractivity contribution >= 4 is 32.5 Å². The Morgan fingerprint density at radius 1 is 1.29 bits per heavy atom. The van der Waals surface area contributed by atoms with Crippen molar-refractivity contribution < 1.29 is 21.6 Å². The van der Waals surface area contributed by atoms with Crippen LogP contribution in [-0.4, -0.2) is 32.1 Å². The summed E-state index contributed by atoms with van der Waals surface area (Å²) in [6.45, 7) is 0.554. The van der Waals surface area contributed by atoms with Crippen LogP contribution in [0.1, 0.15) is 5.56 Å². The molecule has 0 saturated heterocycles. The van der Waals surface area contributed by atoms with Crippen LogP contribution in [0.5, 0.6) is 0 Å². The lowest BCUT2D eigenvalue weighted by atomic mass is 10.2. The van der Waals surface area contributed by atoms with E-state index in [2.05, 4.69) is 15.2 Å². The van der Waals surface area contributed by atoms with E-state index in [9.17, 15) is 21.6 Å². The number of hydrogen-bond donors (Lipinski definition) is 0. The van der Waals surface area contributed by atoms with Crippen LogP contribution in [0.3, 0.4) is 0 Å². The molecule has 5 nitrogen and oxygen atoms in total. The van der Waals surface area contributed by atoms with Gasteiger partial charge in [0.05, 0.1) is 22.7 Å². The molecule has 1 aromatic carbocycles. The van der Waals surface area contributed by atoms with Crippen LogP contribution in [0.25, 0.3) is 0 Å². The largest absolute Gasteiger partial charge is 0.418 e. The molecular weight excluding hydrogens is 327 g/mol. The Hall–Kier alpha value is -1.42. The fourth-order valence-corrected chi connectivity index (χ4v) is 2.83. The summed E-state index contributed by atoms with van der Waals surface area (Å²) < 4.78 is 61.6. The molecule has 0 radical (unpaired) electrons. The summed E-state index contributed by atoms with van der Waals surface area (Å²) in [6.07, 6.45) is -3.88. The third kappa shape index (κ3) is 4.03. The topological polar surface area (TPSA) is 71.2 Å². The predicted octanol–water partition coefficient (Wildman–Crippen LogP) is 3.30. The molecule has 0 saturated carbocycles. The van der Waals surface area contributed by atoms with E-state index in [1.807, 2.05) is 0 Å². The number of amidine groups is 1. The van der Waals surface area contributed by atoms with E-state index in [4.69, 9.17) is 0 Å². The Morgan fingerprint density at radius 2 is 2.00 bits per heavy atom. The zero-order valence-corrected chi connectivity index (χ0v) is 12.4. The average Bonchev–Trinajstić information content (AvgIpc) is 2.87. The van der Waals surface area contributed by atoms with E-state index in [-0.39, 0.29) is 0 Å². The van der Waals surface area contributed by atoms with E-state index in [1.165, 1.54) is 11.8 Å². The van der Waals surface area contributed by atoms with E-state index in [0.29, 0.717) is 23.5 Å². The lowest BCUT2D eigenvalue weighted by Crippen LogP contribution is -2.07. The minimum atomic E-state index is -4.72. The molecule has 0 aromatic heterocycles. The first-order valence-corrected chi connectivity index (χ1v) is 8.56. The zero-order valence-electron chi connectivity index (χ0n) is 10.8. The van der Waals surface area contributed by atoms with Crippen LogP contribution in [0, 0.1) is 0 Å². The molecule has 2 rings (SSSR count). The molecule has 0 bridgehead atoms. The van der Waals surface area contributed by atoms with Crippen molar-refractivity contribution in [3.05, 3.63) is 23.8 Å². The van der Waals surface area contributed by atoms with Crippen LogP contribution >= 0.6 is 11.8 Å². The summed E-state index contributed by atoms with van der Waals surface area (Å²) in [5.41, 5.74) is -1.58. The van der Waals surface area contributed by atoms with Gasteiger partial charge in [-0.1, -0.05) is 11.8 Å². The lowest BCUT2D eigenvalue weighted by Gasteiger charge is -2.10. The average molecular weight is 337 g/mol. The van der Waals surface area contributed by atoms with Crippen molar-refractivity contribution in [3.8, 4) is 0 Å². The summed E-state index contributed by atoms with van der Waals surface area (Å²) in [4.78, 5) is 3.53. The molecule has 10 heteroatoms. The zero-order chi connectivity index (χ0) is 15.7. The van der Waals surface area contributed by atoms with Gasteiger partial charge >= 0.3 is 6.18 Å². The molecule has 0 atom stereocenters. The standard InChI is InChI=1S/C11H10F3N3O2S2/c1-21(18,19)7-2-3-9(8(6-7)11(12,13)14)16-17-10-15-4-5-20-10/h2-3,6H,4-5H2,1H3. The first kappa shape index (κ1) is 16.0.